The van der Waals surface area contributed by atoms with Crippen molar-refractivity contribution in [2.45, 2.75) is 0 Å². The lowest BCUT2D eigenvalue weighted by atomic mass is 10.2. The molecule has 0 heterocycles. The van der Waals surface area contributed by atoms with Gasteiger partial charge in [0, 0.05) is 5.56 Å². The van der Waals surface area contributed by atoms with Crippen LogP contribution in [-0.4, -0.2) is 11.7 Å². The third-order valence-corrected chi connectivity index (χ3v) is 3.28. The number of nitrogens with zero attached hydrogens (tertiary/aromatic N) is 2. The molecule has 2 aromatic carbocycles. The molecular formula is C14H11Cl2FN4. The van der Waals surface area contributed by atoms with Crippen LogP contribution >= 0.6 is 23.2 Å². The standard InChI is InChI=1S/C14H11Cl2FN4/c15-9-5-2-1-4-8(9)13(18)20-21-14(19)12-10(16)6-3-7-11(12)17/h1-7H,(H2,18,20)(H2,19,21). The molecule has 4 N–H and O–H groups in total. The first-order valence-electron chi connectivity index (χ1n) is 5.86. The number of benzene rings is 2. The number of hydrogen-bond acceptors (Lipinski definition) is 2. The summed E-state index contributed by atoms with van der Waals surface area (Å²) in [5.41, 5.74) is 12.0. The topological polar surface area (TPSA) is 76.8 Å². The Morgan fingerprint density at radius 2 is 1.48 bits per heavy atom. The maximum atomic E-state index is 13.7. The molecule has 2 rings (SSSR count). The molecular weight excluding hydrogens is 314 g/mol. The van der Waals surface area contributed by atoms with E-state index in [2.05, 4.69) is 10.2 Å². The van der Waals surface area contributed by atoms with Crippen molar-refractivity contribution in [1.82, 2.24) is 0 Å². The molecule has 0 unspecified atom stereocenters. The summed E-state index contributed by atoms with van der Waals surface area (Å²) in [5, 5.41) is 8.04. The van der Waals surface area contributed by atoms with Gasteiger partial charge >= 0.3 is 0 Å². The van der Waals surface area contributed by atoms with Gasteiger partial charge in [-0.05, 0) is 24.3 Å². The molecule has 0 fully saturated rings. The van der Waals surface area contributed by atoms with E-state index in [4.69, 9.17) is 34.7 Å². The Labute approximate surface area is 130 Å². The Kier molecular flexibility index (Phi) is 4.77. The Balaban J connectivity index is 2.36. The highest BCUT2D eigenvalue weighted by Crippen LogP contribution is 2.19. The highest BCUT2D eigenvalue weighted by molar-refractivity contribution is 6.34. The number of rotatable bonds is 3. The number of hydrogen-bond donors (Lipinski definition) is 2. The van der Waals surface area contributed by atoms with E-state index in [1.165, 1.54) is 18.2 Å². The molecule has 0 radical (unpaired) electrons. The van der Waals surface area contributed by atoms with E-state index < -0.39 is 5.82 Å². The van der Waals surface area contributed by atoms with E-state index >= 15 is 0 Å². The SMILES string of the molecule is N/C(=N\N=C(/N)c1c(F)cccc1Cl)c1ccccc1Cl. The Hall–Kier alpha value is -2.11. The fraction of sp³-hybridized carbons (Fsp3) is 0. The second kappa shape index (κ2) is 6.56. The maximum Gasteiger partial charge on any atom is 0.157 e. The van der Waals surface area contributed by atoms with Gasteiger partial charge < -0.3 is 11.5 Å². The number of nitrogens with two attached hydrogens (primary N) is 2. The van der Waals surface area contributed by atoms with E-state index in [9.17, 15) is 4.39 Å². The first-order valence-corrected chi connectivity index (χ1v) is 6.62. The van der Waals surface area contributed by atoms with Crippen LogP contribution in [0.15, 0.2) is 52.7 Å². The van der Waals surface area contributed by atoms with Crippen molar-refractivity contribution in [3.63, 3.8) is 0 Å². The summed E-state index contributed by atoms with van der Waals surface area (Å²) < 4.78 is 13.7. The lowest BCUT2D eigenvalue weighted by Gasteiger charge is -2.04. The van der Waals surface area contributed by atoms with Crippen LogP contribution in [0.3, 0.4) is 0 Å². The van der Waals surface area contributed by atoms with Gasteiger partial charge in [0.15, 0.2) is 11.7 Å². The van der Waals surface area contributed by atoms with Crippen molar-refractivity contribution in [2.75, 3.05) is 0 Å². The first-order chi connectivity index (χ1) is 10.0. The summed E-state index contributed by atoms with van der Waals surface area (Å²) in [6.45, 7) is 0. The highest BCUT2D eigenvalue weighted by atomic mass is 35.5. The van der Waals surface area contributed by atoms with Crippen LogP contribution in [-0.2, 0) is 0 Å². The number of amidine groups is 2. The molecule has 7 heteroatoms. The van der Waals surface area contributed by atoms with Gasteiger partial charge in [-0.3, -0.25) is 0 Å². The zero-order valence-corrected chi connectivity index (χ0v) is 12.2. The van der Waals surface area contributed by atoms with Crippen LogP contribution in [0.2, 0.25) is 10.0 Å². The Morgan fingerprint density at radius 3 is 2.14 bits per heavy atom. The minimum Gasteiger partial charge on any atom is -0.382 e. The molecule has 0 atom stereocenters. The van der Waals surface area contributed by atoms with Gasteiger partial charge in [-0.2, -0.15) is 0 Å². The van der Waals surface area contributed by atoms with E-state index in [-0.39, 0.29) is 22.3 Å². The summed E-state index contributed by atoms with van der Waals surface area (Å²) in [6.07, 6.45) is 0. The van der Waals surface area contributed by atoms with Crippen LogP contribution in [0.5, 0.6) is 0 Å². The highest BCUT2D eigenvalue weighted by Gasteiger charge is 2.11. The number of halogens is 3. The Bertz CT molecular complexity index is 708. The van der Waals surface area contributed by atoms with Crippen molar-refractivity contribution in [1.29, 1.82) is 0 Å². The third-order valence-electron chi connectivity index (χ3n) is 2.63. The molecule has 4 nitrogen and oxygen atoms in total. The molecule has 0 amide bonds. The predicted octanol–water partition coefficient (Wildman–Crippen LogP) is 3.16. The van der Waals surface area contributed by atoms with Gasteiger partial charge in [0.2, 0.25) is 0 Å². The monoisotopic (exact) mass is 324 g/mol. The van der Waals surface area contributed by atoms with Gasteiger partial charge in [0.05, 0.1) is 15.6 Å². The van der Waals surface area contributed by atoms with E-state index in [1.54, 1.807) is 24.3 Å². The quantitative estimate of drug-likeness (QED) is 0.517. The van der Waals surface area contributed by atoms with Crippen LogP contribution in [0.1, 0.15) is 11.1 Å². The van der Waals surface area contributed by atoms with Crippen LogP contribution in [0.4, 0.5) is 4.39 Å². The second-order valence-electron chi connectivity index (χ2n) is 4.05. The van der Waals surface area contributed by atoms with Crippen LogP contribution in [0.25, 0.3) is 0 Å². The first kappa shape index (κ1) is 15.3. The summed E-state index contributed by atoms with van der Waals surface area (Å²) in [4.78, 5) is 0. The summed E-state index contributed by atoms with van der Waals surface area (Å²) >= 11 is 11.9. The van der Waals surface area contributed by atoms with E-state index in [1.807, 2.05) is 0 Å². The summed E-state index contributed by atoms with van der Waals surface area (Å²) in [5.74, 6) is -0.695. The van der Waals surface area contributed by atoms with E-state index in [0.29, 0.717) is 10.6 Å². The van der Waals surface area contributed by atoms with E-state index in [0.717, 1.165) is 0 Å². The molecule has 2 aromatic rings. The molecule has 0 bridgehead atoms. The second-order valence-corrected chi connectivity index (χ2v) is 4.86. The van der Waals surface area contributed by atoms with Crippen molar-refractivity contribution in [3.8, 4) is 0 Å². The molecule has 21 heavy (non-hydrogen) atoms. The van der Waals surface area contributed by atoms with Gasteiger partial charge in [-0.1, -0.05) is 41.4 Å². The van der Waals surface area contributed by atoms with Crippen molar-refractivity contribution < 1.29 is 4.39 Å². The molecule has 0 saturated carbocycles. The normalized spacial score (nSPS) is 12.5. The average Bonchev–Trinajstić information content (AvgIpc) is 2.45. The molecule has 0 aliphatic heterocycles. The fourth-order valence-electron chi connectivity index (χ4n) is 1.62. The largest absolute Gasteiger partial charge is 0.382 e. The summed E-state index contributed by atoms with van der Waals surface area (Å²) in [7, 11) is 0. The summed E-state index contributed by atoms with van der Waals surface area (Å²) in [6, 6.07) is 11.1. The molecule has 108 valence electrons. The predicted molar refractivity (Wildman–Crippen MR) is 84.3 cm³/mol. The lowest BCUT2D eigenvalue weighted by Crippen LogP contribution is -2.18. The molecule has 0 aliphatic carbocycles. The minimum atomic E-state index is -0.588. The van der Waals surface area contributed by atoms with Gasteiger partial charge in [0.25, 0.3) is 0 Å². The molecule has 0 aromatic heterocycles. The molecule has 0 aliphatic rings. The minimum absolute atomic E-state index is 0.0186. The van der Waals surface area contributed by atoms with Crippen molar-refractivity contribution in [2.24, 2.45) is 21.7 Å². The molecule has 0 saturated heterocycles. The van der Waals surface area contributed by atoms with Crippen LogP contribution < -0.4 is 11.5 Å². The lowest BCUT2D eigenvalue weighted by molar-refractivity contribution is 0.625. The van der Waals surface area contributed by atoms with Gasteiger partial charge in [-0.25, -0.2) is 4.39 Å². The van der Waals surface area contributed by atoms with Gasteiger partial charge in [0.1, 0.15) is 5.82 Å². The van der Waals surface area contributed by atoms with Crippen molar-refractivity contribution in [3.05, 3.63) is 69.5 Å². The van der Waals surface area contributed by atoms with Crippen molar-refractivity contribution >= 4 is 34.9 Å². The van der Waals surface area contributed by atoms with Crippen LogP contribution in [0, 0.1) is 5.82 Å². The fourth-order valence-corrected chi connectivity index (χ4v) is 2.12. The third kappa shape index (κ3) is 3.51. The molecule has 0 spiro atoms. The zero-order chi connectivity index (χ0) is 15.4. The smallest absolute Gasteiger partial charge is 0.157 e. The zero-order valence-electron chi connectivity index (χ0n) is 10.7. The maximum absolute atomic E-state index is 13.7. The Morgan fingerprint density at radius 1 is 0.857 bits per heavy atom. The average molecular weight is 325 g/mol. The van der Waals surface area contributed by atoms with Gasteiger partial charge in [-0.15, -0.1) is 10.2 Å².